The molecule has 0 aromatic heterocycles. The fraction of sp³-hybridized carbons (Fsp3) is 0.650. The summed E-state index contributed by atoms with van der Waals surface area (Å²) in [5.74, 6) is 0.458. The van der Waals surface area contributed by atoms with Crippen molar-refractivity contribution in [3.05, 3.63) is 29.8 Å². The molecule has 5 rings (SSSR count). The molecule has 1 spiro atoms. The number of hydrogen-bond acceptors (Lipinski definition) is 6. The van der Waals surface area contributed by atoms with Gasteiger partial charge in [0.2, 0.25) is 6.29 Å². The molecule has 3 saturated heterocycles. The molecule has 1 aromatic rings. The molecule has 1 aliphatic carbocycles. The van der Waals surface area contributed by atoms with Crippen LogP contribution in [0.4, 0.5) is 0 Å². The van der Waals surface area contributed by atoms with Crippen LogP contribution in [0, 0.1) is 5.41 Å². The maximum absolute atomic E-state index is 11.6. The molecule has 4 fully saturated rings. The Balaban J connectivity index is 1.63. The summed E-state index contributed by atoms with van der Waals surface area (Å²) in [7, 11) is 1.68. The molecule has 3 aliphatic heterocycles. The number of esters is 1. The van der Waals surface area contributed by atoms with E-state index in [0.29, 0.717) is 0 Å². The molecule has 140 valence electrons. The molecule has 1 aromatic carbocycles. The van der Waals surface area contributed by atoms with Crippen molar-refractivity contribution in [2.24, 2.45) is 5.41 Å². The second-order valence-corrected chi connectivity index (χ2v) is 7.80. The van der Waals surface area contributed by atoms with E-state index in [1.807, 2.05) is 18.2 Å². The lowest BCUT2D eigenvalue weighted by atomic mass is 9.59. The molecule has 26 heavy (non-hydrogen) atoms. The largest absolute Gasteiger partial charge is 0.496 e. The standard InChI is InChI=1S/C20H24O6/c1-12(21)23-18-17-20-10-6-5-9-19(20,11-15(24-18)26-20)16(25-17)13-7-3-4-8-14(13)22-2/h3-4,7-8,15-18H,5-6,9-11H2,1-2H3/t15-,16?,17?,18-,19+,20-/m1/s1. The number of carbonyl (C=O) groups is 1. The molecule has 1 saturated carbocycles. The van der Waals surface area contributed by atoms with Crippen molar-refractivity contribution in [3.63, 3.8) is 0 Å². The zero-order valence-corrected chi connectivity index (χ0v) is 15.1. The Kier molecular flexibility index (Phi) is 3.61. The van der Waals surface area contributed by atoms with Crippen LogP contribution in [0.5, 0.6) is 5.75 Å². The molecule has 6 nitrogen and oxygen atoms in total. The van der Waals surface area contributed by atoms with Crippen LogP contribution in [0.3, 0.4) is 0 Å². The van der Waals surface area contributed by atoms with Crippen molar-refractivity contribution in [1.82, 2.24) is 0 Å². The Hall–Kier alpha value is -1.63. The van der Waals surface area contributed by atoms with Gasteiger partial charge in [0.1, 0.15) is 11.4 Å². The predicted molar refractivity (Wildman–Crippen MR) is 90.4 cm³/mol. The number of ether oxygens (including phenoxy) is 5. The summed E-state index contributed by atoms with van der Waals surface area (Å²) < 4.78 is 30.0. The maximum Gasteiger partial charge on any atom is 0.305 e. The van der Waals surface area contributed by atoms with Crippen molar-refractivity contribution in [2.45, 2.75) is 69.4 Å². The molecule has 2 bridgehead atoms. The van der Waals surface area contributed by atoms with Crippen LogP contribution in [0.2, 0.25) is 0 Å². The SMILES string of the molecule is COc1ccccc1C1OC2[C@H](OC(C)=O)O[C@H]3C[C@@]14CCCC[C@@]24O3. The monoisotopic (exact) mass is 360 g/mol. The normalized spacial score (nSPS) is 43.0. The average molecular weight is 360 g/mol. The summed E-state index contributed by atoms with van der Waals surface area (Å²) in [6.45, 7) is 1.40. The van der Waals surface area contributed by atoms with Crippen molar-refractivity contribution >= 4 is 5.97 Å². The fourth-order valence-electron chi connectivity index (χ4n) is 5.74. The van der Waals surface area contributed by atoms with E-state index in [4.69, 9.17) is 23.7 Å². The molecule has 0 amide bonds. The number of fused-ring (bicyclic) bond motifs is 1. The summed E-state index contributed by atoms with van der Waals surface area (Å²) >= 11 is 0. The Morgan fingerprint density at radius 3 is 2.81 bits per heavy atom. The van der Waals surface area contributed by atoms with Gasteiger partial charge in [-0.2, -0.15) is 0 Å². The summed E-state index contributed by atoms with van der Waals surface area (Å²) in [5.41, 5.74) is 0.403. The number of carbonyl (C=O) groups excluding carboxylic acids is 1. The number of rotatable bonds is 3. The smallest absolute Gasteiger partial charge is 0.305 e. The highest BCUT2D eigenvalue weighted by molar-refractivity contribution is 5.66. The van der Waals surface area contributed by atoms with E-state index in [9.17, 15) is 4.79 Å². The Bertz CT molecular complexity index is 735. The summed E-state index contributed by atoms with van der Waals surface area (Å²) in [6.07, 6.45) is 3.25. The zero-order valence-electron chi connectivity index (χ0n) is 15.1. The van der Waals surface area contributed by atoms with Gasteiger partial charge in [0.15, 0.2) is 12.4 Å². The van der Waals surface area contributed by atoms with Crippen molar-refractivity contribution < 1.29 is 28.5 Å². The predicted octanol–water partition coefficient (Wildman–Crippen LogP) is 3.10. The molecular weight excluding hydrogens is 336 g/mol. The summed E-state index contributed by atoms with van der Waals surface area (Å²) in [5, 5.41) is 0. The summed E-state index contributed by atoms with van der Waals surface area (Å²) in [4.78, 5) is 11.6. The van der Waals surface area contributed by atoms with Gasteiger partial charge in [-0.25, -0.2) is 0 Å². The van der Waals surface area contributed by atoms with E-state index in [0.717, 1.165) is 43.4 Å². The van der Waals surface area contributed by atoms with Crippen molar-refractivity contribution in [1.29, 1.82) is 0 Å². The first-order chi connectivity index (χ1) is 12.6. The lowest BCUT2D eigenvalue weighted by Crippen LogP contribution is -2.58. The van der Waals surface area contributed by atoms with Gasteiger partial charge >= 0.3 is 5.97 Å². The zero-order chi connectivity index (χ0) is 17.9. The minimum Gasteiger partial charge on any atom is -0.496 e. The number of benzene rings is 1. The first kappa shape index (κ1) is 16.5. The molecule has 4 aliphatic rings. The highest BCUT2D eigenvalue weighted by atomic mass is 16.8. The van der Waals surface area contributed by atoms with Gasteiger partial charge in [-0.15, -0.1) is 0 Å². The minimum absolute atomic E-state index is 0.157. The summed E-state index contributed by atoms with van der Waals surface area (Å²) in [6, 6.07) is 8.00. The van der Waals surface area contributed by atoms with Gasteiger partial charge in [0.25, 0.3) is 0 Å². The van der Waals surface area contributed by atoms with Crippen LogP contribution >= 0.6 is 0 Å². The van der Waals surface area contributed by atoms with Crippen molar-refractivity contribution in [2.75, 3.05) is 7.11 Å². The molecule has 6 atom stereocenters. The quantitative estimate of drug-likeness (QED) is 0.772. The van der Waals surface area contributed by atoms with E-state index in [1.54, 1.807) is 7.11 Å². The van der Waals surface area contributed by atoms with E-state index in [1.165, 1.54) is 6.92 Å². The Morgan fingerprint density at radius 1 is 1.19 bits per heavy atom. The molecule has 3 heterocycles. The van der Waals surface area contributed by atoms with Gasteiger partial charge < -0.3 is 23.7 Å². The maximum atomic E-state index is 11.6. The Morgan fingerprint density at radius 2 is 2.00 bits per heavy atom. The second-order valence-electron chi connectivity index (χ2n) is 7.80. The highest BCUT2D eigenvalue weighted by Crippen LogP contribution is 2.71. The van der Waals surface area contributed by atoms with Crippen LogP contribution in [-0.2, 0) is 23.7 Å². The fourth-order valence-corrected chi connectivity index (χ4v) is 5.74. The number of hydrogen-bond donors (Lipinski definition) is 0. The van der Waals surface area contributed by atoms with Gasteiger partial charge in [0.05, 0.1) is 13.2 Å². The van der Waals surface area contributed by atoms with E-state index in [2.05, 4.69) is 6.07 Å². The third-order valence-corrected chi connectivity index (χ3v) is 6.62. The van der Waals surface area contributed by atoms with Crippen LogP contribution in [-0.4, -0.2) is 37.4 Å². The molecule has 2 unspecified atom stereocenters. The van der Waals surface area contributed by atoms with E-state index in [-0.39, 0.29) is 23.8 Å². The topological polar surface area (TPSA) is 63.2 Å². The molecule has 0 N–H and O–H groups in total. The average Bonchev–Trinajstić information content (AvgIpc) is 3.07. The first-order valence-corrected chi connectivity index (χ1v) is 9.38. The number of para-hydroxylation sites is 1. The Labute approximate surface area is 152 Å². The van der Waals surface area contributed by atoms with Crippen LogP contribution in [0.15, 0.2) is 24.3 Å². The molecule has 0 radical (unpaired) electrons. The van der Waals surface area contributed by atoms with Crippen LogP contribution in [0.25, 0.3) is 0 Å². The van der Waals surface area contributed by atoms with Crippen LogP contribution in [0.1, 0.15) is 50.7 Å². The van der Waals surface area contributed by atoms with E-state index >= 15 is 0 Å². The van der Waals surface area contributed by atoms with Gasteiger partial charge in [-0.1, -0.05) is 31.0 Å². The third kappa shape index (κ3) is 2.01. The van der Waals surface area contributed by atoms with Crippen molar-refractivity contribution in [3.8, 4) is 5.75 Å². The third-order valence-electron chi connectivity index (χ3n) is 6.62. The minimum atomic E-state index is -0.717. The lowest BCUT2D eigenvalue weighted by Gasteiger charge is -2.47. The van der Waals surface area contributed by atoms with Gasteiger partial charge in [-0.05, 0) is 18.9 Å². The highest BCUT2D eigenvalue weighted by Gasteiger charge is 2.77. The molecular formula is C20H24O6. The first-order valence-electron chi connectivity index (χ1n) is 9.38. The van der Waals surface area contributed by atoms with E-state index < -0.39 is 18.0 Å². The van der Waals surface area contributed by atoms with Gasteiger partial charge in [0, 0.05) is 24.3 Å². The lowest BCUT2D eigenvalue weighted by molar-refractivity contribution is -0.341. The van der Waals surface area contributed by atoms with Crippen LogP contribution < -0.4 is 4.74 Å². The molecule has 6 heteroatoms. The number of methoxy groups -OCH3 is 1. The van der Waals surface area contributed by atoms with Gasteiger partial charge in [-0.3, -0.25) is 4.79 Å². The second kappa shape index (κ2) is 5.68.